The number of carbonyl (C=O) groups is 1. The van der Waals surface area contributed by atoms with Crippen LogP contribution in [0.3, 0.4) is 0 Å². The van der Waals surface area contributed by atoms with E-state index in [0.29, 0.717) is 26.3 Å². The molecule has 1 spiro atoms. The van der Waals surface area contributed by atoms with E-state index in [2.05, 4.69) is 19.1 Å². The first-order valence-electron chi connectivity index (χ1n) is 8.22. The number of aromatic nitrogens is 1. The van der Waals surface area contributed by atoms with Crippen molar-refractivity contribution in [1.82, 2.24) is 9.47 Å². The van der Waals surface area contributed by atoms with Crippen molar-refractivity contribution in [3.8, 4) is 0 Å². The summed E-state index contributed by atoms with van der Waals surface area (Å²) >= 11 is 0. The molecular weight excluding hydrogens is 292 g/mol. The molecule has 0 saturated carbocycles. The number of amides is 1. The van der Waals surface area contributed by atoms with Crippen molar-refractivity contribution in [3.63, 3.8) is 0 Å². The third kappa shape index (κ3) is 2.35. The number of aryl methyl sites for hydroxylation is 2. The first-order chi connectivity index (χ1) is 11.1. The second kappa shape index (κ2) is 5.35. The maximum atomic E-state index is 12.9. The Morgan fingerprint density at radius 3 is 2.52 bits per heavy atom. The molecule has 1 aromatic heterocycles. The molecule has 4 rings (SSSR count). The Kier molecular flexibility index (Phi) is 3.43. The van der Waals surface area contributed by atoms with Crippen molar-refractivity contribution in [2.75, 3.05) is 26.3 Å². The molecule has 0 aliphatic carbocycles. The summed E-state index contributed by atoms with van der Waals surface area (Å²) in [5.74, 6) is -0.345. The molecule has 0 bridgehead atoms. The minimum Gasteiger partial charge on any atom is -0.347 e. The molecule has 0 N–H and O–H groups in total. The molecular formula is C18H22N2O3. The zero-order valence-electron chi connectivity index (χ0n) is 13.7. The summed E-state index contributed by atoms with van der Waals surface area (Å²) in [4.78, 5) is 14.8. The summed E-state index contributed by atoms with van der Waals surface area (Å²) in [6, 6.07) is 8.17. The third-order valence-corrected chi connectivity index (χ3v) is 5.10. The molecule has 3 heterocycles. The Morgan fingerprint density at radius 1 is 1.17 bits per heavy atom. The standard InChI is InChI=1S/C18H22N2O3/c1-13-4-3-5-14-12-15(19(2)16(13)14)17(21)20-8-6-18(7-9-20)22-10-11-23-18/h3-5,12H,6-11H2,1-2H3. The number of carbonyl (C=O) groups excluding carboxylic acids is 1. The van der Waals surface area contributed by atoms with Crippen molar-refractivity contribution in [1.29, 1.82) is 0 Å². The Hall–Kier alpha value is -1.85. The maximum absolute atomic E-state index is 12.9. The van der Waals surface area contributed by atoms with Crippen molar-refractivity contribution in [2.24, 2.45) is 7.05 Å². The second-order valence-electron chi connectivity index (χ2n) is 6.50. The van der Waals surface area contributed by atoms with Gasteiger partial charge in [0.1, 0.15) is 5.69 Å². The van der Waals surface area contributed by atoms with Gasteiger partial charge in [-0.25, -0.2) is 0 Å². The Balaban J connectivity index is 1.58. The lowest BCUT2D eigenvalue weighted by atomic mass is 10.0. The lowest BCUT2D eigenvalue weighted by Crippen LogP contribution is -2.47. The van der Waals surface area contributed by atoms with Crippen LogP contribution in [0.25, 0.3) is 10.9 Å². The van der Waals surface area contributed by atoms with E-state index >= 15 is 0 Å². The highest BCUT2D eigenvalue weighted by Crippen LogP contribution is 2.32. The van der Waals surface area contributed by atoms with Crippen molar-refractivity contribution in [3.05, 3.63) is 35.5 Å². The van der Waals surface area contributed by atoms with Gasteiger partial charge in [0, 0.05) is 38.4 Å². The number of para-hydroxylation sites is 1. The number of nitrogens with zero attached hydrogens (tertiary/aromatic N) is 2. The van der Waals surface area contributed by atoms with Crippen LogP contribution in [-0.4, -0.2) is 47.5 Å². The van der Waals surface area contributed by atoms with Gasteiger partial charge in [0.05, 0.1) is 18.7 Å². The number of hydrogen-bond donors (Lipinski definition) is 0. The summed E-state index contributed by atoms with van der Waals surface area (Å²) in [5.41, 5.74) is 3.07. The topological polar surface area (TPSA) is 43.7 Å². The van der Waals surface area contributed by atoms with E-state index in [0.717, 1.165) is 29.4 Å². The fraction of sp³-hybridized carbons (Fsp3) is 0.500. The van der Waals surface area contributed by atoms with Gasteiger partial charge in [-0.2, -0.15) is 0 Å². The Labute approximate surface area is 135 Å². The Morgan fingerprint density at radius 2 is 1.87 bits per heavy atom. The lowest BCUT2D eigenvalue weighted by Gasteiger charge is -2.37. The highest BCUT2D eigenvalue weighted by Gasteiger charge is 2.41. The van der Waals surface area contributed by atoms with Crippen LogP contribution in [0.5, 0.6) is 0 Å². The van der Waals surface area contributed by atoms with Crippen molar-refractivity contribution < 1.29 is 14.3 Å². The molecule has 1 aromatic carbocycles. The van der Waals surface area contributed by atoms with Gasteiger partial charge >= 0.3 is 0 Å². The number of ether oxygens (including phenoxy) is 2. The molecule has 0 unspecified atom stereocenters. The largest absolute Gasteiger partial charge is 0.347 e. The van der Waals surface area contributed by atoms with E-state index in [9.17, 15) is 4.79 Å². The van der Waals surface area contributed by atoms with E-state index in [1.165, 1.54) is 5.56 Å². The van der Waals surface area contributed by atoms with Gasteiger partial charge in [0.25, 0.3) is 5.91 Å². The van der Waals surface area contributed by atoms with Gasteiger partial charge in [-0.3, -0.25) is 4.79 Å². The highest BCUT2D eigenvalue weighted by molar-refractivity contribution is 5.99. The first kappa shape index (κ1) is 14.7. The third-order valence-electron chi connectivity index (χ3n) is 5.10. The quantitative estimate of drug-likeness (QED) is 0.812. The van der Waals surface area contributed by atoms with E-state index in [4.69, 9.17) is 9.47 Å². The number of fused-ring (bicyclic) bond motifs is 1. The van der Waals surface area contributed by atoms with Gasteiger partial charge in [-0.1, -0.05) is 18.2 Å². The molecule has 1 amide bonds. The zero-order chi connectivity index (χ0) is 16.0. The number of rotatable bonds is 1. The molecule has 122 valence electrons. The summed E-state index contributed by atoms with van der Waals surface area (Å²) in [5, 5.41) is 1.12. The van der Waals surface area contributed by atoms with Crippen molar-refractivity contribution >= 4 is 16.8 Å². The van der Waals surface area contributed by atoms with Crippen molar-refractivity contribution in [2.45, 2.75) is 25.6 Å². The molecule has 2 aromatic rings. The Bertz CT molecular complexity index is 749. The van der Waals surface area contributed by atoms with Crippen LogP contribution in [0.15, 0.2) is 24.3 Å². The van der Waals surface area contributed by atoms with Crippen LogP contribution < -0.4 is 0 Å². The van der Waals surface area contributed by atoms with Crippen LogP contribution in [0.4, 0.5) is 0 Å². The lowest BCUT2D eigenvalue weighted by molar-refractivity contribution is -0.181. The van der Waals surface area contributed by atoms with Crippen LogP contribution in [-0.2, 0) is 16.5 Å². The number of piperidine rings is 1. The average molecular weight is 314 g/mol. The van der Waals surface area contributed by atoms with Gasteiger partial charge < -0.3 is 18.9 Å². The molecule has 5 heteroatoms. The average Bonchev–Trinajstić information content (AvgIpc) is 3.14. The number of hydrogen-bond acceptors (Lipinski definition) is 3. The second-order valence-corrected chi connectivity index (χ2v) is 6.50. The molecule has 2 aliphatic rings. The van der Waals surface area contributed by atoms with E-state index in [1.54, 1.807) is 0 Å². The van der Waals surface area contributed by atoms with Gasteiger partial charge in [-0.15, -0.1) is 0 Å². The fourth-order valence-electron chi connectivity index (χ4n) is 3.82. The van der Waals surface area contributed by atoms with Gasteiger partial charge in [0.2, 0.25) is 0 Å². The molecule has 2 saturated heterocycles. The number of benzene rings is 1. The van der Waals surface area contributed by atoms with E-state index in [-0.39, 0.29) is 5.91 Å². The minimum atomic E-state index is -0.438. The molecule has 2 aliphatic heterocycles. The summed E-state index contributed by atoms with van der Waals surface area (Å²) < 4.78 is 13.5. The van der Waals surface area contributed by atoms with Crippen LogP contribution in [0.2, 0.25) is 0 Å². The predicted molar refractivity (Wildman–Crippen MR) is 87.4 cm³/mol. The molecule has 0 atom stereocenters. The monoisotopic (exact) mass is 314 g/mol. The smallest absolute Gasteiger partial charge is 0.270 e. The molecule has 5 nitrogen and oxygen atoms in total. The summed E-state index contributed by atoms with van der Waals surface area (Å²) in [7, 11) is 1.97. The van der Waals surface area contributed by atoms with Gasteiger partial charge in [0.15, 0.2) is 5.79 Å². The van der Waals surface area contributed by atoms with E-state index in [1.807, 2.05) is 28.6 Å². The van der Waals surface area contributed by atoms with Crippen LogP contribution in [0.1, 0.15) is 28.9 Å². The molecule has 23 heavy (non-hydrogen) atoms. The molecule has 2 fully saturated rings. The first-order valence-corrected chi connectivity index (χ1v) is 8.22. The maximum Gasteiger partial charge on any atom is 0.270 e. The number of likely N-dealkylation sites (tertiary alicyclic amines) is 1. The van der Waals surface area contributed by atoms with E-state index < -0.39 is 5.79 Å². The van der Waals surface area contributed by atoms with Crippen LogP contribution in [0, 0.1) is 6.92 Å². The van der Waals surface area contributed by atoms with Crippen LogP contribution >= 0.6 is 0 Å². The highest BCUT2D eigenvalue weighted by atomic mass is 16.7. The SMILES string of the molecule is Cc1cccc2cc(C(=O)N3CCC4(CC3)OCCO4)n(C)c12. The predicted octanol–water partition coefficient (Wildman–Crippen LogP) is 2.47. The molecule has 0 radical (unpaired) electrons. The summed E-state index contributed by atoms with van der Waals surface area (Å²) in [6.07, 6.45) is 1.50. The van der Waals surface area contributed by atoms with Gasteiger partial charge in [-0.05, 0) is 18.6 Å². The fourth-order valence-corrected chi connectivity index (χ4v) is 3.82. The minimum absolute atomic E-state index is 0.0935. The normalized spacial score (nSPS) is 20.5. The summed E-state index contributed by atoms with van der Waals surface area (Å²) in [6.45, 7) is 4.77. The zero-order valence-corrected chi connectivity index (χ0v) is 13.7.